The van der Waals surface area contributed by atoms with Crippen molar-refractivity contribution in [1.82, 2.24) is 0 Å². The van der Waals surface area contributed by atoms with Crippen LogP contribution >= 0.6 is 0 Å². The van der Waals surface area contributed by atoms with E-state index in [4.69, 9.17) is 0 Å². The van der Waals surface area contributed by atoms with Crippen LogP contribution in [-0.2, 0) is 20.0 Å². The molecule has 0 aromatic heterocycles. The molecule has 0 aromatic carbocycles. The fourth-order valence-corrected chi connectivity index (χ4v) is 5.53. The van der Waals surface area contributed by atoms with Gasteiger partial charge in [-0.25, -0.2) is 16.8 Å². The Morgan fingerprint density at radius 3 is 0.483 bits per heavy atom. The van der Waals surface area contributed by atoms with Gasteiger partial charge in [-0.1, -0.05) is 0 Å². The molecule has 0 radical (unpaired) electrons. The smallest absolute Gasteiger partial charge is 0.425 e. The Balaban J connectivity index is 0. The third-order valence-corrected chi connectivity index (χ3v) is 9.61. The Kier molecular flexibility index (Phi) is 14.1. The van der Waals surface area contributed by atoms with E-state index in [1.54, 1.807) is 0 Å². The maximum absolute atomic E-state index is 13.9. The molecule has 0 heterocycles. The van der Waals surface area contributed by atoms with Crippen molar-refractivity contribution in [3.8, 4) is 0 Å². The predicted molar refractivity (Wildman–Crippen MR) is 103 cm³/mol. The van der Waals surface area contributed by atoms with Crippen molar-refractivity contribution in [2.75, 3.05) is 0 Å². The topological polar surface area (TPSA) is 82.4 Å². The van der Waals surface area contributed by atoms with Crippen molar-refractivity contribution in [1.29, 1.82) is 0 Å². The van der Waals surface area contributed by atoms with Gasteiger partial charge in [0, 0.05) is 0 Å². The van der Waals surface area contributed by atoms with E-state index < -0.39 is 118 Å². The minimum atomic E-state index is -10.0. The Morgan fingerprint density at radius 1 is 0.224 bits per heavy atom. The number of alkyl halides is 34. The molecule has 58 heavy (non-hydrogen) atoms. The Labute approximate surface area is 303 Å². The van der Waals surface area contributed by atoms with E-state index >= 15 is 0 Å². The second-order valence-corrected chi connectivity index (χ2v) is 13.5. The van der Waals surface area contributed by atoms with Crippen LogP contribution in [0, 0.1) is 0 Å². The molecule has 42 heteroatoms. The second kappa shape index (κ2) is 14.0. The zero-order valence-electron chi connectivity index (χ0n) is 24.7. The first-order valence-corrected chi connectivity index (χ1v) is 14.2. The quantitative estimate of drug-likeness (QED) is 0.124. The van der Waals surface area contributed by atoms with E-state index in [0.717, 1.165) is 0 Å². The van der Waals surface area contributed by atoms with E-state index in [-0.39, 0.29) is 18.9 Å². The summed E-state index contributed by atoms with van der Waals surface area (Å²) in [6, 6.07) is 0. The van der Waals surface area contributed by atoms with Gasteiger partial charge in [0.1, 0.15) is 0 Å². The summed E-state index contributed by atoms with van der Waals surface area (Å²) in [6.45, 7) is 0. The van der Waals surface area contributed by atoms with Crippen molar-refractivity contribution in [3.63, 3.8) is 0 Å². The average molecular weight is 987 g/mol. The van der Waals surface area contributed by atoms with E-state index in [9.17, 15) is 166 Å². The molecule has 5 nitrogen and oxygen atoms in total. The third-order valence-electron chi connectivity index (χ3n) is 6.23. The average Bonchev–Trinajstić information content (AvgIpc) is 2.93. The SMILES string of the molecule is O=S(=O)([N-]S(=O)(=O)C(F)(F)C(F)(F)C(F)(F)C(F)(F)C(F)(F)C(F)(F)C(F)(F)C(F)(F)F)C(F)(F)C(F)(F)C(F)(F)C(F)(F)C(F)(F)C(F)(F)C(F)(F)C(F)(F)F.[Li+]. The molecule has 0 saturated heterocycles. The van der Waals surface area contributed by atoms with Crippen LogP contribution in [0.25, 0.3) is 4.13 Å². The first kappa shape index (κ1) is 58.2. The molecule has 0 aliphatic heterocycles. The predicted octanol–water partition coefficient (Wildman–Crippen LogP) is 6.96. The summed E-state index contributed by atoms with van der Waals surface area (Å²) in [5, 5.41) is -18.9. The van der Waals surface area contributed by atoms with Gasteiger partial charge in [-0.2, -0.15) is 149 Å². The third kappa shape index (κ3) is 6.95. The van der Waals surface area contributed by atoms with Gasteiger partial charge in [-0.05, 0) is 0 Å². The minimum Gasteiger partial charge on any atom is -0.425 e. The van der Waals surface area contributed by atoms with Crippen molar-refractivity contribution < 1.29 is 185 Å². The maximum atomic E-state index is 13.9. The fourth-order valence-electron chi connectivity index (χ4n) is 2.85. The molecule has 0 spiro atoms. The van der Waals surface area contributed by atoms with Crippen LogP contribution in [0.5, 0.6) is 0 Å². The van der Waals surface area contributed by atoms with Crippen molar-refractivity contribution in [2.45, 2.75) is 93.9 Å². The van der Waals surface area contributed by atoms with E-state index in [2.05, 4.69) is 0 Å². The van der Waals surface area contributed by atoms with Crippen LogP contribution < -0.4 is 18.9 Å². The summed E-state index contributed by atoms with van der Waals surface area (Å²) < 4.78 is 495. The molecular weight excluding hydrogens is 987 g/mol. The van der Waals surface area contributed by atoms with Gasteiger partial charge in [-0.15, -0.1) is 0 Å². The van der Waals surface area contributed by atoms with Gasteiger partial charge in [0.05, 0.1) is 0 Å². The van der Waals surface area contributed by atoms with E-state index in [1.165, 1.54) is 0 Å². The molecule has 0 aromatic rings. The largest absolute Gasteiger partial charge is 1.00 e. The number of nitrogens with zero attached hydrogens (tertiary/aromatic N) is 1. The normalized spacial score (nSPS) is 17.0. The Morgan fingerprint density at radius 2 is 0.345 bits per heavy atom. The second-order valence-electron chi connectivity index (χ2n) is 9.95. The molecule has 0 bridgehead atoms. The molecular formula is C16F34LiNO4S2. The summed E-state index contributed by atoms with van der Waals surface area (Å²) in [5.74, 6) is -114. The molecule has 0 saturated carbocycles. The zero-order valence-corrected chi connectivity index (χ0v) is 26.4. The molecule has 0 aliphatic rings. The Hall–Kier alpha value is -1.92. The van der Waals surface area contributed by atoms with Crippen LogP contribution in [-0.4, -0.2) is 111 Å². The summed E-state index contributed by atoms with van der Waals surface area (Å²) >= 11 is 0. The minimum absolute atomic E-state index is 0. The summed E-state index contributed by atoms with van der Waals surface area (Å²) in [6.07, 6.45) is -16.7. The van der Waals surface area contributed by atoms with Crippen LogP contribution in [0.15, 0.2) is 0 Å². The van der Waals surface area contributed by atoms with Crippen LogP contribution in [0.3, 0.4) is 0 Å². The first-order valence-electron chi connectivity index (χ1n) is 11.4. The molecule has 0 aliphatic carbocycles. The molecule has 0 rings (SSSR count). The van der Waals surface area contributed by atoms with Gasteiger partial charge in [0.25, 0.3) is 0 Å². The van der Waals surface area contributed by atoms with Crippen molar-refractivity contribution in [2.24, 2.45) is 0 Å². The van der Waals surface area contributed by atoms with Gasteiger partial charge < -0.3 is 4.13 Å². The number of halogens is 34. The molecule has 0 unspecified atom stereocenters. The fraction of sp³-hybridized carbons (Fsp3) is 1.00. The first-order chi connectivity index (χ1) is 23.7. The van der Waals surface area contributed by atoms with E-state index in [0.29, 0.717) is 0 Å². The summed E-state index contributed by atoms with van der Waals surface area (Å²) in [4.78, 5) is 0. The number of sulfonamides is 2. The zero-order chi connectivity index (χ0) is 47.7. The molecule has 0 amide bonds. The monoisotopic (exact) mass is 987 g/mol. The maximum Gasteiger partial charge on any atom is 1.00 e. The molecule has 0 atom stereocenters. The number of rotatable bonds is 16. The van der Waals surface area contributed by atoms with Gasteiger partial charge >= 0.3 is 113 Å². The van der Waals surface area contributed by atoms with E-state index in [1.807, 2.05) is 0 Å². The van der Waals surface area contributed by atoms with Crippen LogP contribution in [0.2, 0.25) is 0 Å². The van der Waals surface area contributed by atoms with Gasteiger partial charge in [0.15, 0.2) is 20.0 Å². The van der Waals surface area contributed by atoms with Crippen LogP contribution in [0.4, 0.5) is 149 Å². The molecule has 344 valence electrons. The van der Waals surface area contributed by atoms with Gasteiger partial charge in [0.2, 0.25) is 0 Å². The number of hydrogen-bond acceptors (Lipinski definition) is 4. The molecule has 0 N–H and O–H groups in total. The summed E-state index contributed by atoms with van der Waals surface area (Å²) in [7, 11) is -20.0. The number of hydrogen-bond donors (Lipinski definition) is 0. The van der Waals surface area contributed by atoms with Crippen molar-refractivity contribution >= 4 is 20.0 Å². The van der Waals surface area contributed by atoms with Gasteiger partial charge in [-0.3, -0.25) is 0 Å². The molecule has 0 fully saturated rings. The Bertz CT molecular complexity index is 1610. The summed E-state index contributed by atoms with van der Waals surface area (Å²) in [5.41, 5.74) is 0. The van der Waals surface area contributed by atoms with Crippen LogP contribution in [0.1, 0.15) is 0 Å². The van der Waals surface area contributed by atoms with Crippen molar-refractivity contribution in [3.05, 3.63) is 4.13 Å². The standard InChI is InChI=1S/C16F34NO4S2.Li/c17-1(18,5(25,26)9(33,34)13(41,42)43)3(21,22)7(29,30)11(37,38)15(47,48)56(52,53)51-57(54,55)16(49,50)12(39,40)8(31,32)4(23,24)2(19,20)6(27,28)10(35,36)14(44,45)46;/q-1;+1.